The number of rotatable bonds is 3. The van der Waals surface area contributed by atoms with E-state index in [4.69, 9.17) is 0 Å². The molecule has 3 aromatic rings. The van der Waals surface area contributed by atoms with Crippen LogP contribution in [0.2, 0.25) is 0 Å². The van der Waals surface area contributed by atoms with Gasteiger partial charge < -0.3 is 4.90 Å². The highest BCUT2D eigenvalue weighted by Gasteiger charge is 2.11. The van der Waals surface area contributed by atoms with E-state index in [1.165, 1.54) is 5.46 Å². The maximum absolute atomic E-state index is 3.50. The van der Waals surface area contributed by atoms with Gasteiger partial charge in [-0.15, -0.1) is 0 Å². The first-order valence-electron chi connectivity index (χ1n) is 7.01. The lowest BCUT2D eigenvalue weighted by molar-refractivity contribution is 1.28. The zero-order chi connectivity index (χ0) is 15.5. The lowest BCUT2D eigenvalue weighted by Gasteiger charge is -2.25. The molecule has 0 radical (unpaired) electrons. The number of hydrogen-bond donors (Lipinski definition) is 0. The quantitative estimate of drug-likeness (QED) is 0.549. The molecule has 1 nitrogen and oxygen atoms in total. The number of anilines is 3. The Morgan fingerprint density at radius 2 is 0.864 bits per heavy atom. The monoisotopic (exact) mass is 413 g/mol. The zero-order valence-electron chi connectivity index (χ0n) is 12.1. The summed E-state index contributed by atoms with van der Waals surface area (Å²) in [5, 5.41) is 0. The minimum Gasteiger partial charge on any atom is -0.311 e. The summed E-state index contributed by atoms with van der Waals surface area (Å²) in [7, 11) is 2.10. The van der Waals surface area contributed by atoms with Crippen molar-refractivity contribution in [1.29, 1.82) is 0 Å². The number of benzene rings is 3. The first kappa shape index (κ1) is 15.4. The maximum Gasteiger partial charge on any atom is 0.139 e. The van der Waals surface area contributed by atoms with Crippen molar-refractivity contribution < 1.29 is 0 Å². The molecule has 0 aliphatic heterocycles. The summed E-state index contributed by atoms with van der Waals surface area (Å²) in [4.78, 5) is 2.25. The largest absolute Gasteiger partial charge is 0.311 e. The predicted molar refractivity (Wildman–Crippen MR) is 105 cm³/mol. The summed E-state index contributed by atoms with van der Waals surface area (Å²) in [6, 6.07) is 25.3. The molecule has 0 amide bonds. The van der Waals surface area contributed by atoms with E-state index >= 15 is 0 Å². The van der Waals surface area contributed by atoms with E-state index < -0.39 is 0 Å². The predicted octanol–water partition coefficient (Wildman–Crippen LogP) is 4.94. The number of nitrogens with zero attached hydrogens (tertiary/aromatic N) is 1. The average molecular weight is 415 g/mol. The van der Waals surface area contributed by atoms with Gasteiger partial charge in [0.1, 0.15) is 7.85 Å². The molecule has 0 saturated heterocycles. The Morgan fingerprint density at radius 3 is 1.23 bits per heavy atom. The first-order valence-corrected chi connectivity index (χ1v) is 8.60. The van der Waals surface area contributed by atoms with Crippen LogP contribution in [0.5, 0.6) is 0 Å². The van der Waals surface area contributed by atoms with Crippen LogP contribution >= 0.6 is 31.9 Å². The molecule has 0 saturated carbocycles. The van der Waals surface area contributed by atoms with Crippen molar-refractivity contribution in [3.05, 3.63) is 81.7 Å². The molecule has 0 atom stereocenters. The van der Waals surface area contributed by atoms with Crippen LogP contribution in [-0.4, -0.2) is 7.85 Å². The molecular weight excluding hydrogens is 401 g/mol. The minimum absolute atomic E-state index is 1.08. The molecule has 0 bridgehead atoms. The highest BCUT2D eigenvalue weighted by molar-refractivity contribution is 9.10. The van der Waals surface area contributed by atoms with E-state index in [0.717, 1.165) is 26.0 Å². The number of halogens is 2. The van der Waals surface area contributed by atoms with Gasteiger partial charge >= 0.3 is 0 Å². The summed E-state index contributed by atoms with van der Waals surface area (Å²) in [6.45, 7) is 0. The SMILES string of the molecule is Bc1ccc(N(c2ccc(Br)cc2)c2ccc(Br)cc2)cc1. The lowest BCUT2D eigenvalue weighted by atomic mass is 9.96. The smallest absolute Gasteiger partial charge is 0.139 e. The van der Waals surface area contributed by atoms with Gasteiger partial charge in [0.2, 0.25) is 0 Å². The standard InChI is InChI=1S/C18H14BBr2N/c19-13-1-7-16(8-2-13)22(17-9-3-14(20)4-10-17)18-11-5-15(21)6-12-18/h1-12H,19H2. The molecule has 0 spiro atoms. The molecule has 3 aromatic carbocycles. The fourth-order valence-electron chi connectivity index (χ4n) is 2.32. The van der Waals surface area contributed by atoms with Crippen LogP contribution < -0.4 is 10.4 Å². The van der Waals surface area contributed by atoms with Gasteiger partial charge in [0.15, 0.2) is 0 Å². The molecule has 0 N–H and O–H groups in total. The summed E-state index contributed by atoms with van der Waals surface area (Å²) in [5.41, 5.74) is 4.68. The van der Waals surface area contributed by atoms with Gasteiger partial charge in [0, 0.05) is 26.0 Å². The van der Waals surface area contributed by atoms with Crippen LogP contribution in [0.4, 0.5) is 17.1 Å². The molecular formula is C18H14BBr2N. The van der Waals surface area contributed by atoms with E-state index in [1.54, 1.807) is 0 Å². The van der Waals surface area contributed by atoms with Gasteiger partial charge in [-0.25, -0.2) is 0 Å². The molecule has 0 aliphatic rings. The second kappa shape index (κ2) is 6.72. The van der Waals surface area contributed by atoms with E-state index in [9.17, 15) is 0 Å². The fourth-order valence-corrected chi connectivity index (χ4v) is 2.85. The highest BCUT2D eigenvalue weighted by Crippen LogP contribution is 2.35. The van der Waals surface area contributed by atoms with Crippen LogP contribution in [0.3, 0.4) is 0 Å². The molecule has 4 heteroatoms. The van der Waals surface area contributed by atoms with Gasteiger partial charge in [-0.1, -0.05) is 49.5 Å². The van der Waals surface area contributed by atoms with Crippen molar-refractivity contribution in [2.75, 3.05) is 4.90 Å². The third-order valence-corrected chi connectivity index (χ3v) is 4.52. The van der Waals surface area contributed by atoms with Crippen molar-refractivity contribution in [3.63, 3.8) is 0 Å². The normalized spacial score (nSPS) is 10.5. The van der Waals surface area contributed by atoms with Gasteiger partial charge in [0.25, 0.3) is 0 Å². The molecule has 0 unspecified atom stereocenters. The van der Waals surface area contributed by atoms with Crippen LogP contribution in [0.25, 0.3) is 0 Å². The van der Waals surface area contributed by atoms with Crippen LogP contribution in [-0.2, 0) is 0 Å². The maximum atomic E-state index is 3.50. The summed E-state index contributed by atoms with van der Waals surface area (Å²) >= 11 is 7.00. The summed E-state index contributed by atoms with van der Waals surface area (Å²) in [6.07, 6.45) is 0. The molecule has 0 aromatic heterocycles. The van der Waals surface area contributed by atoms with Crippen molar-refractivity contribution in [3.8, 4) is 0 Å². The van der Waals surface area contributed by atoms with Crippen LogP contribution in [0.1, 0.15) is 0 Å². The Labute approximate surface area is 148 Å². The van der Waals surface area contributed by atoms with Crippen LogP contribution in [0, 0.1) is 0 Å². The van der Waals surface area contributed by atoms with Gasteiger partial charge in [0.05, 0.1) is 0 Å². The van der Waals surface area contributed by atoms with Gasteiger partial charge in [-0.05, 0) is 60.7 Å². The Morgan fingerprint density at radius 1 is 0.545 bits per heavy atom. The van der Waals surface area contributed by atoms with E-state index in [-0.39, 0.29) is 0 Å². The summed E-state index contributed by atoms with van der Waals surface area (Å²) in [5.74, 6) is 0. The molecule has 0 aliphatic carbocycles. The van der Waals surface area contributed by atoms with Gasteiger partial charge in [-0.3, -0.25) is 0 Å². The second-order valence-electron chi connectivity index (χ2n) is 5.12. The number of hydrogen-bond acceptors (Lipinski definition) is 1. The van der Waals surface area contributed by atoms with E-state index in [2.05, 4.69) is 117 Å². The van der Waals surface area contributed by atoms with Crippen molar-refractivity contribution >= 4 is 62.2 Å². The van der Waals surface area contributed by atoms with E-state index in [0.29, 0.717) is 0 Å². The molecule has 0 fully saturated rings. The zero-order valence-corrected chi connectivity index (χ0v) is 15.3. The first-order chi connectivity index (χ1) is 10.6. The Hall–Kier alpha value is -1.52. The molecule has 22 heavy (non-hydrogen) atoms. The third kappa shape index (κ3) is 3.45. The third-order valence-electron chi connectivity index (χ3n) is 3.46. The molecule has 108 valence electrons. The average Bonchev–Trinajstić information content (AvgIpc) is 2.53. The highest BCUT2D eigenvalue weighted by atomic mass is 79.9. The Balaban J connectivity index is 2.10. The van der Waals surface area contributed by atoms with Gasteiger partial charge in [-0.2, -0.15) is 0 Å². The summed E-state index contributed by atoms with van der Waals surface area (Å²) < 4.78 is 2.16. The lowest BCUT2D eigenvalue weighted by Crippen LogP contribution is -2.11. The van der Waals surface area contributed by atoms with E-state index in [1.807, 2.05) is 0 Å². The Bertz CT molecular complexity index is 644. The fraction of sp³-hybridized carbons (Fsp3) is 0. The van der Waals surface area contributed by atoms with Crippen molar-refractivity contribution in [2.45, 2.75) is 0 Å². The second-order valence-corrected chi connectivity index (χ2v) is 6.96. The van der Waals surface area contributed by atoms with Crippen molar-refractivity contribution in [2.24, 2.45) is 0 Å². The minimum atomic E-state index is 1.08. The van der Waals surface area contributed by atoms with Crippen molar-refractivity contribution in [1.82, 2.24) is 0 Å². The topological polar surface area (TPSA) is 3.24 Å². The Kier molecular flexibility index (Phi) is 4.70. The molecule has 3 rings (SSSR count). The van der Waals surface area contributed by atoms with Crippen LogP contribution in [0.15, 0.2) is 81.7 Å². The molecule has 0 heterocycles.